The lowest BCUT2D eigenvalue weighted by atomic mass is 9.90. The summed E-state index contributed by atoms with van der Waals surface area (Å²) in [5.74, 6) is 0. The highest BCUT2D eigenvalue weighted by Gasteiger charge is 2.45. The molecule has 0 aromatic heterocycles. The maximum absolute atomic E-state index is 5.80. The van der Waals surface area contributed by atoms with Crippen molar-refractivity contribution in [2.75, 3.05) is 6.61 Å². The molecule has 2 saturated heterocycles. The number of rotatable bonds is 1. The zero-order valence-electron chi connectivity index (χ0n) is 8.06. The molecule has 1 aromatic carbocycles. The van der Waals surface area contributed by atoms with E-state index in [2.05, 4.69) is 24.3 Å². The number of benzene rings is 1. The Morgan fingerprint density at radius 2 is 2.00 bits per heavy atom. The van der Waals surface area contributed by atoms with Gasteiger partial charge in [-0.3, -0.25) is 0 Å². The summed E-state index contributed by atoms with van der Waals surface area (Å²) in [5.41, 5.74) is 1.25. The van der Waals surface area contributed by atoms with E-state index in [1.54, 1.807) is 0 Å². The molecule has 3 rings (SSSR count). The van der Waals surface area contributed by atoms with Crippen molar-refractivity contribution < 1.29 is 9.47 Å². The zero-order valence-corrected chi connectivity index (χ0v) is 8.06. The molecule has 1 aromatic rings. The summed E-state index contributed by atoms with van der Waals surface area (Å²) in [6.07, 6.45) is 3.15. The van der Waals surface area contributed by atoms with Gasteiger partial charge in [-0.15, -0.1) is 0 Å². The highest BCUT2D eigenvalue weighted by Crippen LogP contribution is 2.41. The molecule has 0 amide bonds. The maximum atomic E-state index is 5.80. The van der Waals surface area contributed by atoms with Gasteiger partial charge in [-0.05, 0) is 18.4 Å². The quantitative estimate of drug-likeness (QED) is 0.676. The van der Waals surface area contributed by atoms with Crippen LogP contribution in [-0.2, 0) is 9.47 Å². The Hall–Kier alpha value is -0.860. The first-order chi connectivity index (χ1) is 6.95. The van der Waals surface area contributed by atoms with Crippen LogP contribution in [0.5, 0.6) is 0 Å². The van der Waals surface area contributed by atoms with E-state index < -0.39 is 0 Å². The van der Waals surface area contributed by atoms with Gasteiger partial charge in [0.15, 0.2) is 0 Å². The molecule has 0 N–H and O–H groups in total. The molecule has 0 aliphatic carbocycles. The second-order valence-electron chi connectivity index (χ2n) is 3.98. The van der Waals surface area contributed by atoms with E-state index in [0.717, 1.165) is 19.4 Å². The average molecular weight is 190 g/mol. The molecular formula is C12H14O2. The van der Waals surface area contributed by atoms with Crippen molar-refractivity contribution in [1.29, 1.82) is 0 Å². The van der Waals surface area contributed by atoms with E-state index in [1.165, 1.54) is 5.56 Å². The lowest BCUT2D eigenvalue weighted by Crippen LogP contribution is -2.51. The normalized spacial score (nSPS) is 35.9. The van der Waals surface area contributed by atoms with Gasteiger partial charge in [-0.25, -0.2) is 0 Å². The third kappa shape index (κ3) is 1.26. The van der Waals surface area contributed by atoms with Crippen LogP contribution >= 0.6 is 0 Å². The van der Waals surface area contributed by atoms with Crippen molar-refractivity contribution in [3.05, 3.63) is 35.9 Å². The second-order valence-corrected chi connectivity index (χ2v) is 3.98. The minimum atomic E-state index is 0.182. The lowest BCUT2D eigenvalue weighted by Gasteiger charge is -2.47. The van der Waals surface area contributed by atoms with Gasteiger partial charge in [0.25, 0.3) is 0 Å². The van der Waals surface area contributed by atoms with E-state index in [1.807, 2.05) is 6.07 Å². The number of hydrogen-bond acceptors (Lipinski definition) is 2. The largest absolute Gasteiger partial charge is 0.372 e. The second kappa shape index (κ2) is 3.37. The predicted molar refractivity (Wildman–Crippen MR) is 53.0 cm³/mol. The van der Waals surface area contributed by atoms with Crippen molar-refractivity contribution >= 4 is 0 Å². The smallest absolute Gasteiger partial charge is 0.114 e. The van der Waals surface area contributed by atoms with E-state index >= 15 is 0 Å². The van der Waals surface area contributed by atoms with Gasteiger partial charge in [0, 0.05) is 6.61 Å². The summed E-state index contributed by atoms with van der Waals surface area (Å²) in [6.45, 7) is 0.897. The molecule has 0 unspecified atom stereocenters. The summed E-state index contributed by atoms with van der Waals surface area (Å²) in [6, 6.07) is 10.3. The Morgan fingerprint density at radius 3 is 2.79 bits per heavy atom. The Balaban J connectivity index is 1.76. The van der Waals surface area contributed by atoms with Crippen LogP contribution in [0.1, 0.15) is 24.5 Å². The summed E-state index contributed by atoms with van der Waals surface area (Å²) >= 11 is 0. The molecule has 2 nitrogen and oxygen atoms in total. The minimum Gasteiger partial charge on any atom is -0.372 e. The molecule has 2 aliphatic rings. The fraction of sp³-hybridized carbons (Fsp3) is 0.500. The molecule has 14 heavy (non-hydrogen) atoms. The van der Waals surface area contributed by atoms with Crippen molar-refractivity contribution in [1.82, 2.24) is 0 Å². The Morgan fingerprint density at radius 1 is 1.14 bits per heavy atom. The topological polar surface area (TPSA) is 18.5 Å². The van der Waals surface area contributed by atoms with Gasteiger partial charge in [-0.1, -0.05) is 30.3 Å². The average Bonchev–Trinajstić information content (AvgIpc) is 2.22. The number of fused-ring (bicyclic) bond motifs is 1. The van der Waals surface area contributed by atoms with Gasteiger partial charge < -0.3 is 9.47 Å². The van der Waals surface area contributed by atoms with Crippen LogP contribution in [0.3, 0.4) is 0 Å². The van der Waals surface area contributed by atoms with Gasteiger partial charge in [-0.2, -0.15) is 0 Å². The summed E-state index contributed by atoms with van der Waals surface area (Å²) in [4.78, 5) is 0. The van der Waals surface area contributed by atoms with E-state index in [0.29, 0.717) is 12.2 Å². The van der Waals surface area contributed by atoms with Crippen molar-refractivity contribution in [3.63, 3.8) is 0 Å². The Bertz CT molecular complexity index is 309. The van der Waals surface area contributed by atoms with Gasteiger partial charge in [0.2, 0.25) is 0 Å². The van der Waals surface area contributed by atoms with E-state index in [4.69, 9.17) is 9.47 Å². The number of hydrogen-bond donors (Lipinski definition) is 0. The Labute approximate surface area is 83.8 Å². The zero-order chi connectivity index (χ0) is 9.38. The summed E-state index contributed by atoms with van der Waals surface area (Å²) in [5, 5.41) is 0. The van der Waals surface area contributed by atoms with Crippen LogP contribution in [0.2, 0.25) is 0 Å². The fourth-order valence-electron chi connectivity index (χ4n) is 2.29. The maximum Gasteiger partial charge on any atom is 0.114 e. The SMILES string of the molecule is c1ccc([C@@H]2O[C@@H]3CCCO[C@H]32)cc1. The van der Waals surface area contributed by atoms with Crippen LogP contribution in [0.4, 0.5) is 0 Å². The highest BCUT2D eigenvalue weighted by atomic mass is 16.6. The lowest BCUT2D eigenvalue weighted by molar-refractivity contribution is -0.265. The predicted octanol–water partition coefficient (Wildman–Crippen LogP) is 2.31. The van der Waals surface area contributed by atoms with Crippen LogP contribution in [0.15, 0.2) is 30.3 Å². The molecular weight excluding hydrogens is 176 g/mol. The third-order valence-corrected chi connectivity index (χ3v) is 3.06. The van der Waals surface area contributed by atoms with Crippen molar-refractivity contribution in [3.8, 4) is 0 Å². The molecule has 0 bridgehead atoms. The third-order valence-electron chi connectivity index (χ3n) is 3.06. The molecule has 2 aliphatic heterocycles. The first kappa shape index (κ1) is 8.45. The summed E-state index contributed by atoms with van der Waals surface area (Å²) < 4.78 is 11.5. The highest BCUT2D eigenvalue weighted by molar-refractivity contribution is 5.21. The van der Waals surface area contributed by atoms with Crippen molar-refractivity contribution in [2.24, 2.45) is 0 Å². The molecule has 2 heterocycles. The van der Waals surface area contributed by atoms with Crippen LogP contribution < -0.4 is 0 Å². The molecule has 3 atom stereocenters. The molecule has 2 fully saturated rings. The molecule has 74 valence electrons. The molecule has 0 saturated carbocycles. The first-order valence-corrected chi connectivity index (χ1v) is 5.27. The fourth-order valence-corrected chi connectivity index (χ4v) is 2.29. The molecule has 0 radical (unpaired) electrons. The molecule has 2 heteroatoms. The van der Waals surface area contributed by atoms with Crippen LogP contribution in [-0.4, -0.2) is 18.8 Å². The van der Waals surface area contributed by atoms with E-state index in [-0.39, 0.29) is 6.10 Å². The van der Waals surface area contributed by atoms with Gasteiger partial charge in [0.1, 0.15) is 12.2 Å². The van der Waals surface area contributed by atoms with E-state index in [9.17, 15) is 0 Å². The summed E-state index contributed by atoms with van der Waals surface area (Å²) in [7, 11) is 0. The van der Waals surface area contributed by atoms with Crippen molar-refractivity contribution in [2.45, 2.75) is 31.2 Å². The first-order valence-electron chi connectivity index (χ1n) is 5.27. The monoisotopic (exact) mass is 190 g/mol. The van der Waals surface area contributed by atoms with Gasteiger partial charge in [0.05, 0.1) is 6.10 Å². The number of ether oxygens (including phenoxy) is 2. The van der Waals surface area contributed by atoms with Crippen LogP contribution in [0, 0.1) is 0 Å². The standard InChI is InChI=1S/C12H14O2/c1-2-5-9(6-3-1)11-12-10(14-11)7-4-8-13-12/h1-3,5-6,10-12H,4,7-8H2/t10-,11+,12-/m1/s1. The molecule has 0 spiro atoms. The Kier molecular flexibility index (Phi) is 2.03. The minimum absolute atomic E-state index is 0.182. The van der Waals surface area contributed by atoms with Crippen LogP contribution in [0.25, 0.3) is 0 Å². The van der Waals surface area contributed by atoms with Gasteiger partial charge >= 0.3 is 0 Å².